The Morgan fingerprint density at radius 3 is 2.60 bits per heavy atom. The molecule has 15 heavy (non-hydrogen) atoms. The highest BCUT2D eigenvalue weighted by Gasteiger charge is 2.30. The summed E-state index contributed by atoms with van der Waals surface area (Å²) in [5.41, 5.74) is 0. The van der Waals surface area contributed by atoms with Crippen LogP contribution < -0.4 is 4.90 Å². The van der Waals surface area contributed by atoms with Crippen LogP contribution >= 0.6 is 23.4 Å². The monoisotopic (exact) mass is 242 g/mol. The Labute approximate surface area is 95.6 Å². The number of hydrogen-bond donors (Lipinski definition) is 0. The standard InChI is InChI=1S/C9H7ClN2O2S/c10-6-2-1-3-11-9(6)12-7(13)4-15-5-8(12)14/h1-3H,4-5H2. The van der Waals surface area contributed by atoms with Crippen molar-refractivity contribution in [2.24, 2.45) is 0 Å². The van der Waals surface area contributed by atoms with Gasteiger partial charge in [0.15, 0.2) is 5.82 Å². The topological polar surface area (TPSA) is 50.3 Å². The molecule has 78 valence electrons. The van der Waals surface area contributed by atoms with Crippen molar-refractivity contribution < 1.29 is 9.59 Å². The molecule has 0 atom stereocenters. The van der Waals surface area contributed by atoms with E-state index in [0.717, 1.165) is 4.90 Å². The number of amides is 2. The maximum atomic E-state index is 11.5. The van der Waals surface area contributed by atoms with Crippen molar-refractivity contribution in [3.8, 4) is 0 Å². The normalized spacial score (nSPS) is 17.0. The molecule has 1 aliphatic rings. The van der Waals surface area contributed by atoms with Crippen LogP contribution in [0, 0.1) is 0 Å². The van der Waals surface area contributed by atoms with Gasteiger partial charge in [0.1, 0.15) is 0 Å². The van der Waals surface area contributed by atoms with E-state index in [1.54, 1.807) is 12.1 Å². The second-order valence-corrected chi connectivity index (χ2v) is 4.32. The molecule has 4 nitrogen and oxygen atoms in total. The third kappa shape index (κ3) is 1.98. The van der Waals surface area contributed by atoms with E-state index in [1.807, 2.05) is 0 Å². The van der Waals surface area contributed by atoms with Crippen LogP contribution in [0.3, 0.4) is 0 Å². The van der Waals surface area contributed by atoms with Gasteiger partial charge in [0.2, 0.25) is 11.8 Å². The Kier molecular flexibility index (Phi) is 2.93. The lowest BCUT2D eigenvalue weighted by Gasteiger charge is -2.23. The number of carbonyl (C=O) groups is 2. The highest BCUT2D eigenvalue weighted by atomic mass is 35.5. The number of aromatic nitrogens is 1. The summed E-state index contributed by atoms with van der Waals surface area (Å²) < 4.78 is 0. The van der Waals surface area contributed by atoms with Crippen molar-refractivity contribution in [1.82, 2.24) is 4.98 Å². The fourth-order valence-electron chi connectivity index (χ4n) is 1.27. The molecule has 0 unspecified atom stereocenters. The molecular weight excluding hydrogens is 236 g/mol. The summed E-state index contributed by atoms with van der Waals surface area (Å²) in [6.45, 7) is 0. The summed E-state index contributed by atoms with van der Waals surface area (Å²) in [5, 5.41) is 0.311. The predicted molar refractivity (Wildman–Crippen MR) is 59.1 cm³/mol. The molecule has 0 aliphatic carbocycles. The van der Waals surface area contributed by atoms with Gasteiger partial charge in [0, 0.05) is 6.20 Å². The molecule has 0 N–H and O–H groups in total. The summed E-state index contributed by atoms with van der Waals surface area (Å²) >= 11 is 7.18. The van der Waals surface area contributed by atoms with Crippen molar-refractivity contribution >= 4 is 41.0 Å². The highest BCUT2D eigenvalue weighted by molar-refractivity contribution is 8.00. The molecule has 1 saturated heterocycles. The van der Waals surface area contributed by atoms with Gasteiger partial charge in [0.25, 0.3) is 0 Å². The minimum Gasteiger partial charge on any atom is -0.273 e. The Balaban J connectivity index is 2.40. The average molecular weight is 243 g/mol. The van der Waals surface area contributed by atoms with E-state index < -0.39 is 0 Å². The van der Waals surface area contributed by atoms with Crippen LogP contribution in [0.25, 0.3) is 0 Å². The van der Waals surface area contributed by atoms with E-state index in [-0.39, 0.29) is 17.6 Å². The first kappa shape index (κ1) is 10.4. The summed E-state index contributed by atoms with van der Waals surface area (Å²) in [6, 6.07) is 3.26. The Hall–Kier alpha value is -1.07. The first-order valence-electron chi connectivity index (χ1n) is 4.24. The van der Waals surface area contributed by atoms with Gasteiger partial charge in [-0.05, 0) is 12.1 Å². The SMILES string of the molecule is O=C1CSCC(=O)N1c1ncccc1Cl. The number of carbonyl (C=O) groups excluding carboxylic acids is 2. The summed E-state index contributed by atoms with van der Waals surface area (Å²) in [5.74, 6) is 0.278. The quantitative estimate of drug-likeness (QED) is 0.698. The minimum absolute atomic E-state index is 0.231. The van der Waals surface area contributed by atoms with Gasteiger partial charge < -0.3 is 0 Å². The first-order chi connectivity index (χ1) is 7.20. The number of nitrogens with zero attached hydrogens (tertiary/aromatic N) is 2. The fraction of sp³-hybridized carbons (Fsp3) is 0.222. The van der Waals surface area contributed by atoms with E-state index in [4.69, 9.17) is 11.6 Å². The van der Waals surface area contributed by atoms with E-state index in [2.05, 4.69) is 4.98 Å². The number of hydrogen-bond acceptors (Lipinski definition) is 4. The van der Waals surface area contributed by atoms with Crippen LogP contribution in [0.2, 0.25) is 5.02 Å². The van der Waals surface area contributed by atoms with E-state index >= 15 is 0 Å². The molecule has 0 spiro atoms. The van der Waals surface area contributed by atoms with Crippen molar-refractivity contribution in [2.75, 3.05) is 16.4 Å². The lowest BCUT2D eigenvalue weighted by atomic mass is 10.4. The van der Waals surface area contributed by atoms with Crippen molar-refractivity contribution in [3.63, 3.8) is 0 Å². The minimum atomic E-state index is -0.267. The predicted octanol–water partition coefficient (Wildman–Crippen LogP) is 1.34. The molecule has 1 aromatic heterocycles. The van der Waals surface area contributed by atoms with Gasteiger partial charge in [-0.2, -0.15) is 0 Å². The van der Waals surface area contributed by atoms with Crippen molar-refractivity contribution in [2.45, 2.75) is 0 Å². The van der Waals surface area contributed by atoms with E-state index in [9.17, 15) is 9.59 Å². The van der Waals surface area contributed by atoms with E-state index in [1.165, 1.54) is 18.0 Å². The zero-order chi connectivity index (χ0) is 10.8. The lowest BCUT2D eigenvalue weighted by molar-refractivity contribution is -0.124. The van der Waals surface area contributed by atoms with Crippen LogP contribution in [0.15, 0.2) is 18.3 Å². The summed E-state index contributed by atoms with van der Waals surface area (Å²) in [7, 11) is 0. The summed E-state index contributed by atoms with van der Waals surface area (Å²) in [6.07, 6.45) is 1.50. The van der Waals surface area contributed by atoms with Crippen LogP contribution in [-0.4, -0.2) is 28.3 Å². The molecule has 1 fully saturated rings. The molecule has 0 saturated carbocycles. The van der Waals surface area contributed by atoms with Crippen LogP contribution in [0.1, 0.15) is 0 Å². The third-order valence-corrected chi connectivity index (χ3v) is 3.10. The zero-order valence-electron chi connectivity index (χ0n) is 7.64. The Morgan fingerprint density at radius 2 is 2.00 bits per heavy atom. The molecule has 2 heterocycles. The molecule has 0 radical (unpaired) electrons. The maximum absolute atomic E-state index is 11.5. The third-order valence-electron chi connectivity index (χ3n) is 1.90. The zero-order valence-corrected chi connectivity index (χ0v) is 9.22. The molecule has 1 aromatic rings. The molecule has 0 aromatic carbocycles. The smallest absolute Gasteiger partial charge is 0.245 e. The van der Waals surface area contributed by atoms with Gasteiger partial charge in [-0.3, -0.25) is 9.59 Å². The van der Waals surface area contributed by atoms with Gasteiger partial charge >= 0.3 is 0 Å². The molecule has 6 heteroatoms. The Bertz CT molecular complexity index is 408. The molecule has 2 rings (SSSR count). The average Bonchev–Trinajstić information content (AvgIpc) is 2.20. The van der Waals surface area contributed by atoms with Gasteiger partial charge in [-0.25, -0.2) is 9.88 Å². The lowest BCUT2D eigenvalue weighted by Crippen LogP contribution is -2.43. The van der Waals surface area contributed by atoms with Gasteiger partial charge in [-0.15, -0.1) is 11.8 Å². The number of thioether (sulfide) groups is 1. The molecular formula is C9H7ClN2O2S. The van der Waals surface area contributed by atoms with Crippen LogP contribution in [-0.2, 0) is 9.59 Å². The Morgan fingerprint density at radius 1 is 1.33 bits per heavy atom. The van der Waals surface area contributed by atoms with Crippen LogP contribution in [0.4, 0.5) is 5.82 Å². The first-order valence-corrected chi connectivity index (χ1v) is 5.77. The number of halogens is 1. The number of pyridine rings is 1. The second-order valence-electron chi connectivity index (χ2n) is 2.92. The number of rotatable bonds is 1. The van der Waals surface area contributed by atoms with Crippen molar-refractivity contribution in [3.05, 3.63) is 23.4 Å². The van der Waals surface area contributed by atoms with Gasteiger partial charge in [0.05, 0.1) is 16.5 Å². The molecule has 0 bridgehead atoms. The number of anilines is 1. The molecule has 1 aliphatic heterocycles. The maximum Gasteiger partial charge on any atom is 0.245 e. The largest absolute Gasteiger partial charge is 0.273 e. The number of imide groups is 1. The molecule has 2 amide bonds. The fourth-order valence-corrected chi connectivity index (χ4v) is 2.19. The van der Waals surface area contributed by atoms with E-state index in [0.29, 0.717) is 16.5 Å². The van der Waals surface area contributed by atoms with Crippen LogP contribution in [0.5, 0.6) is 0 Å². The second kappa shape index (κ2) is 4.20. The van der Waals surface area contributed by atoms with Crippen molar-refractivity contribution in [1.29, 1.82) is 0 Å². The van der Waals surface area contributed by atoms with Gasteiger partial charge in [-0.1, -0.05) is 11.6 Å². The summed E-state index contributed by atoms with van der Waals surface area (Å²) in [4.78, 5) is 28.1. The highest BCUT2D eigenvalue weighted by Crippen LogP contribution is 2.26.